The molecule has 1 aliphatic rings. The van der Waals surface area contributed by atoms with Crippen LogP contribution in [0, 0.1) is 0 Å². The number of hydrogen-bond acceptors (Lipinski definition) is 5. The molecule has 11 heteroatoms. The van der Waals surface area contributed by atoms with Gasteiger partial charge in [-0.25, -0.2) is 4.52 Å². The van der Waals surface area contributed by atoms with Crippen molar-refractivity contribution in [3.05, 3.63) is 127 Å². The molecule has 5 aromatic rings. The van der Waals surface area contributed by atoms with Gasteiger partial charge in [0.1, 0.15) is 0 Å². The second-order valence-electron chi connectivity index (χ2n) is 9.93. The second-order valence-corrected chi connectivity index (χ2v) is 10.7. The number of halogens is 2. The third kappa shape index (κ3) is 5.01. The minimum Gasteiger partial charge on any atom is -0.377 e. The molecule has 0 saturated carbocycles. The number of amides is 2. The van der Waals surface area contributed by atoms with Gasteiger partial charge in [0.2, 0.25) is 0 Å². The maximum absolute atomic E-state index is 14.1. The molecule has 3 aromatic carbocycles. The van der Waals surface area contributed by atoms with E-state index in [1.807, 2.05) is 30.3 Å². The van der Waals surface area contributed by atoms with Gasteiger partial charge in [0, 0.05) is 36.8 Å². The Morgan fingerprint density at radius 2 is 1.69 bits per heavy atom. The molecule has 42 heavy (non-hydrogen) atoms. The predicted octanol–water partition coefficient (Wildman–Crippen LogP) is 4.96. The van der Waals surface area contributed by atoms with Gasteiger partial charge in [-0.3, -0.25) is 19.0 Å². The summed E-state index contributed by atoms with van der Waals surface area (Å²) in [5.74, 6) is -0.429. The van der Waals surface area contributed by atoms with E-state index >= 15 is 0 Å². The number of anilines is 1. The van der Waals surface area contributed by atoms with E-state index in [2.05, 4.69) is 15.7 Å². The van der Waals surface area contributed by atoms with E-state index in [1.54, 1.807) is 69.7 Å². The molecule has 0 saturated heterocycles. The Bertz CT molecular complexity index is 1880. The average Bonchev–Trinajstić information content (AvgIpc) is 3.45. The van der Waals surface area contributed by atoms with Crippen molar-refractivity contribution in [3.63, 3.8) is 0 Å². The van der Waals surface area contributed by atoms with Crippen molar-refractivity contribution in [2.24, 2.45) is 0 Å². The van der Waals surface area contributed by atoms with Crippen molar-refractivity contribution in [1.29, 1.82) is 0 Å². The van der Waals surface area contributed by atoms with Gasteiger partial charge in [0.15, 0.2) is 5.65 Å². The van der Waals surface area contributed by atoms with Gasteiger partial charge in [-0.1, -0.05) is 53.5 Å². The molecule has 0 atom stereocenters. The monoisotopic (exact) mass is 600 g/mol. The highest BCUT2D eigenvalue weighted by Gasteiger charge is 2.29. The maximum atomic E-state index is 14.1. The third-order valence-corrected chi connectivity index (χ3v) is 8.13. The van der Waals surface area contributed by atoms with Crippen LogP contribution in [0.3, 0.4) is 0 Å². The van der Waals surface area contributed by atoms with Crippen LogP contribution in [0.2, 0.25) is 10.0 Å². The van der Waals surface area contributed by atoms with Crippen LogP contribution < -0.4 is 16.2 Å². The highest BCUT2D eigenvalue weighted by molar-refractivity contribution is 6.42. The Labute approximate surface area is 251 Å². The van der Waals surface area contributed by atoms with Gasteiger partial charge in [0.25, 0.3) is 17.4 Å². The van der Waals surface area contributed by atoms with E-state index in [4.69, 9.17) is 23.2 Å². The fraction of sp³-hybridized carbons (Fsp3) is 0.161. The fourth-order valence-electron chi connectivity index (χ4n) is 5.21. The van der Waals surface area contributed by atoms with Crippen LogP contribution in [0.5, 0.6) is 0 Å². The second kappa shape index (κ2) is 11.3. The summed E-state index contributed by atoms with van der Waals surface area (Å²) in [5, 5.41) is 11.4. The highest BCUT2D eigenvalue weighted by atomic mass is 35.5. The lowest BCUT2D eigenvalue weighted by atomic mass is 10.0. The van der Waals surface area contributed by atoms with E-state index < -0.39 is 0 Å². The SMILES string of the molecule is CNC(=O)c1ccc(-n2c(=O)c3c(n4ncc(NCc5ccccc5)c24)CN(C(=O)c2ccc(Cl)c(Cl)c2)CC3)cc1. The van der Waals surface area contributed by atoms with Crippen molar-refractivity contribution in [2.75, 3.05) is 18.9 Å². The standard InChI is InChI=1S/C31H26Cl2N6O3/c1-34-28(40)20-7-10-22(11-8-20)38-29-26(35-16-19-5-3-2-4-6-19)17-36-39(29)27-18-37(14-13-23(27)31(38)42)30(41)21-9-12-24(32)25(33)15-21/h2-12,15,17,35H,13-14,16,18H2,1H3,(H,34,40). The Morgan fingerprint density at radius 3 is 2.40 bits per heavy atom. The molecular formula is C31H26Cl2N6O3. The summed E-state index contributed by atoms with van der Waals surface area (Å²) in [7, 11) is 1.57. The quantitative estimate of drug-likeness (QED) is 0.287. The van der Waals surface area contributed by atoms with Gasteiger partial charge in [0.05, 0.1) is 39.9 Å². The molecule has 1 aliphatic heterocycles. The molecule has 2 amide bonds. The zero-order valence-corrected chi connectivity index (χ0v) is 24.1. The third-order valence-electron chi connectivity index (χ3n) is 7.39. The number of carbonyl (C=O) groups excluding carboxylic acids is 2. The number of rotatable bonds is 6. The topological polar surface area (TPSA) is 101 Å². The lowest BCUT2D eigenvalue weighted by Crippen LogP contribution is -2.41. The first kappa shape index (κ1) is 27.6. The molecule has 0 radical (unpaired) electrons. The molecular weight excluding hydrogens is 575 g/mol. The summed E-state index contributed by atoms with van der Waals surface area (Å²) in [4.78, 5) is 41.4. The minimum absolute atomic E-state index is 0.191. The van der Waals surface area contributed by atoms with Crippen LogP contribution >= 0.6 is 23.2 Å². The summed E-state index contributed by atoms with van der Waals surface area (Å²) in [6, 6.07) is 21.6. The van der Waals surface area contributed by atoms with Gasteiger partial charge >= 0.3 is 0 Å². The molecule has 3 heterocycles. The van der Waals surface area contributed by atoms with Crippen LogP contribution in [0.4, 0.5) is 5.69 Å². The Hall–Kier alpha value is -4.60. The first-order valence-electron chi connectivity index (χ1n) is 13.3. The molecule has 0 bridgehead atoms. The first-order chi connectivity index (χ1) is 20.4. The molecule has 2 aromatic heterocycles. The highest BCUT2D eigenvalue weighted by Crippen LogP contribution is 2.28. The molecule has 0 unspecified atom stereocenters. The van der Waals surface area contributed by atoms with Crippen LogP contribution in [-0.4, -0.2) is 44.5 Å². The number of hydrogen-bond donors (Lipinski definition) is 2. The zero-order valence-electron chi connectivity index (χ0n) is 22.6. The smallest absolute Gasteiger partial charge is 0.261 e. The predicted molar refractivity (Wildman–Crippen MR) is 163 cm³/mol. The molecule has 0 aliphatic carbocycles. The summed E-state index contributed by atoms with van der Waals surface area (Å²) in [6.07, 6.45) is 2.03. The van der Waals surface area contributed by atoms with Gasteiger partial charge in [-0.05, 0) is 54.4 Å². The zero-order chi connectivity index (χ0) is 29.4. The normalized spacial score (nSPS) is 12.7. The Morgan fingerprint density at radius 1 is 0.952 bits per heavy atom. The largest absolute Gasteiger partial charge is 0.377 e. The molecule has 2 N–H and O–H groups in total. The van der Waals surface area contributed by atoms with Crippen molar-refractivity contribution < 1.29 is 9.59 Å². The van der Waals surface area contributed by atoms with E-state index in [0.29, 0.717) is 69.0 Å². The first-order valence-corrected chi connectivity index (χ1v) is 14.1. The lowest BCUT2D eigenvalue weighted by molar-refractivity contribution is 0.0729. The Balaban J connectivity index is 1.45. The van der Waals surface area contributed by atoms with Crippen LogP contribution in [0.1, 0.15) is 37.5 Å². The number of carbonyl (C=O) groups is 2. The number of aromatic nitrogens is 3. The summed E-state index contributed by atoms with van der Waals surface area (Å²) in [6.45, 7) is 1.06. The Kier molecular flexibility index (Phi) is 7.45. The molecule has 0 spiro atoms. The van der Waals surface area contributed by atoms with Crippen LogP contribution in [0.15, 0.2) is 83.8 Å². The minimum atomic E-state index is -0.217. The summed E-state index contributed by atoms with van der Waals surface area (Å²) >= 11 is 12.2. The molecule has 212 valence electrons. The van der Waals surface area contributed by atoms with Gasteiger partial charge < -0.3 is 15.5 Å². The number of fused-ring (bicyclic) bond motifs is 3. The van der Waals surface area contributed by atoms with E-state index in [9.17, 15) is 14.4 Å². The average molecular weight is 601 g/mol. The van der Waals surface area contributed by atoms with Crippen molar-refractivity contribution >= 4 is 46.4 Å². The van der Waals surface area contributed by atoms with E-state index in [0.717, 1.165) is 5.56 Å². The summed E-state index contributed by atoms with van der Waals surface area (Å²) < 4.78 is 3.34. The van der Waals surface area contributed by atoms with Crippen molar-refractivity contribution in [2.45, 2.75) is 19.5 Å². The maximum Gasteiger partial charge on any atom is 0.261 e. The van der Waals surface area contributed by atoms with Crippen LogP contribution in [0.25, 0.3) is 11.3 Å². The molecule has 9 nitrogen and oxygen atoms in total. The lowest BCUT2D eigenvalue weighted by Gasteiger charge is -2.29. The van der Waals surface area contributed by atoms with Crippen LogP contribution in [-0.2, 0) is 19.5 Å². The fourth-order valence-corrected chi connectivity index (χ4v) is 5.50. The van der Waals surface area contributed by atoms with E-state index in [1.165, 1.54) is 0 Å². The van der Waals surface area contributed by atoms with Crippen molar-refractivity contribution in [3.8, 4) is 5.69 Å². The van der Waals surface area contributed by atoms with Gasteiger partial charge in [-0.15, -0.1) is 0 Å². The number of nitrogens with zero attached hydrogens (tertiary/aromatic N) is 4. The van der Waals surface area contributed by atoms with E-state index in [-0.39, 0.29) is 23.9 Å². The summed E-state index contributed by atoms with van der Waals surface area (Å²) in [5.41, 5.74) is 4.77. The van der Waals surface area contributed by atoms with Crippen molar-refractivity contribution in [1.82, 2.24) is 24.4 Å². The number of nitrogens with one attached hydrogen (secondary N) is 2. The van der Waals surface area contributed by atoms with Gasteiger partial charge in [-0.2, -0.15) is 5.10 Å². The number of benzene rings is 3. The molecule has 6 rings (SSSR count). The molecule has 0 fully saturated rings.